The van der Waals surface area contributed by atoms with Crippen molar-refractivity contribution < 1.29 is 19.1 Å². The second-order valence-corrected chi connectivity index (χ2v) is 4.19. The number of ether oxygens (including phenoxy) is 2. The lowest BCUT2D eigenvalue weighted by Crippen LogP contribution is -2.14. The number of methoxy groups -OCH3 is 2. The van der Waals surface area contributed by atoms with Crippen LogP contribution in [0.15, 0.2) is 30.3 Å². The molecule has 0 saturated carbocycles. The standard InChI is InChI=1S/C15H18O4/c1-11(9-15(17)19-3)14(16)8-7-12-5-4-6-13(10-12)18-2/h4-8,10-11H,9H2,1-3H3/b8-7+. The van der Waals surface area contributed by atoms with Crippen LogP contribution in [0.2, 0.25) is 0 Å². The van der Waals surface area contributed by atoms with E-state index in [4.69, 9.17) is 4.74 Å². The van der Waals surface area contributed by atoms with Gasteiger partial charge in [-0.25, -0.2) is 0 Å². The van der Waals surface area contributed by atoms with Gasteiger partial charge in [0.2, 0.25) is 0 Å². The molecular weight excluding hydrogens is 244 g/mol. The summed E-state index contributed by atoms with van der Waals surface area (Å²) in [4.78, 5) is 22.9. The summed E-state index contributed by atoms with van der Waals surface area (Å²) in [6.07, 6.45) is 3.28. The summed E-state index contributed by atoms with van der Waals surface area (Å²) in [5.41, 5.74) is 0.873. The van der Waals surface area contributed by atoms with Gasteiger partial charge < -0.3 is 9.47 Å². The number of benzene rings is 1. The molecule has 1 aromatic rings. The number of carbonyl (C=O) groups is 2. The zero-order valence-electron chi connectivity index (χ0n) is 11.4. The van der Waals surface area contributed by atoms with Crippen LogP contribution in [-0.4, -0.2) is 26.0 Å². The average Bonchev–Trinajstić information content (AvgIpc) is 2.44. The Balaban J connectivity index is 2.64. The normalized spacial score (nSPS) is 12.2. The molecule has 102 valence electrons. The number of esters is 1. The van der Waals surface area contributed by atoms with Crippen molar-refractivity contribution in [3.05, 3.63) is 35.9 Å². The number of ketones is 1. The molecule has 0 radical (unpaired) electrons. The van der Waals surface area contributed by atoms with Gasteiger partial charge in [-0.3, -0.25) is 9.59 Å². The average molecular weight is 262 g/mol. The van der Waals surface area contributed by atoms with Gasteiger partial charge in [-0.1, -0.05) is 25.1 Å². The van der Waals surface area contributed by atoms with Gasteiger partial charge in [-0.05, 0) is 23.8 Å². The van der Waals surface area contributed by atoms with Gasteiger partial charge >= 0.3 is 5.97 Å². The number of rotatable bonds is 6. The molecule has 4 nitrogen and oxygen atoms in total. The van der Waals surface area contributed by atoms with Crippen LogP contribution < -0.4 is 4.74 Å². The molecule has 1 unspecified atom stereocenters. The Labute approximate surface area is 113 Å². The van der Waals surface area contributed by atoms with Gasteiger partial charge in [-0.15, -0.1) is 0 Å². The molecule has 0 N–H and O–H groups in total. The molecule has 0 fully saturated rings. The van der Waals surface area contributed by atoms with E-state index in [9.17, 15) is 9.59 Å². The van der Waals surface area contributed by atoms with Crippen molar-refractivity contribution in [3.8, 4) is 5.75 Å². The van der Waals surface area contributed by atoms with Crippen molar-refractivity contribution in [3.63, 3.8) is 0 Å². The fraction of sp³-hybridized carbons (Fsp3) is 0.333. The second kappa shape index (κ2) is 7.36. The first-order chi connectivity index (χ1) is 9.06. The monoisotopic (exact) mass is 262 g/mol. The molecule has 0 amide bonds. The van der Waals surface area contributed by atoms with Crippen LogP contribution in [0.1, 0.15) is 18.9 Å². The topological polar surface area (TPSA) is 52.6 Å². The summed E-state index contributed by atoms with van der Waals surface area (Å²) >= 11 is 0. The maximum atomic E-state index is 11.8. The molecule has 4 heteroatoms. The third-order valence-electron chi connectivity index (χ3n) is 2.72. The van der Waals surface area contributed by atoms with Crippen molar-refractivity contribution in [1.29, 1.82) is 0 Å². The molecule has 0 aromatic heterocycles. The summed E-state index contributed by atoms with van der Waals surface area (Å²) in [5.74, 6) is -0.129. The number of hydrogen-bond acceptors (Lipinski definition) is 4. The van der Waals surface area contributed by atoms with Crippen LogP contribution in [-0.2, 0) is 14.3 Å². The van der Waals surface area contributed by atoms with Gasteiger partial charge in [0.25, 0.3) is 0 Å². The Bertz CT molecular complexity index is 477. The highest BCUT2D eigenvalue weighted by atomic mass is 16.5. The predicted molar refractivity (Wildman–Crippen MR) is 72.8 cm³/mol. The fourth-order valence-corrected chi connectivity index (χ4v) is 1.52. The molecule has 1 rings (SSSR count). The first-order valence-electron chi connectivity index (χ1n) is 5.99. The lowest BCUT2D eigenvalue weighted by Gasteiger charge is -2.05. The molecule has 0 aliphatic heterocycles. The first kappa shape index (κ1) is 15.0. The van der Waals surface area contributed by atoms with E-state index in [0.29, 0.717) is 0 Å². The molecule has 0 heterocycles. The Morgan fingerprint density at radius 2 is 2.05 bits per heavy atom. The predicted octanol–water partition coefficient (Wildman–Crippen LogP) is 2.48. The Morgan fingerprint density at radius 3 is 2.68 bits per heavy atom. The molecular formula is C15H18O4. The summed E-state index contributed by atoms with van der Waals surface area (Å²) in [5, 5.41) is 0. The van der Waals surface area contributed by atoms with Gasteiger partial charge in [0.05, 0.1) is 20.6 Å². The van der Waals surface area contributed by atoms with Crippen LogP contribution in [0, 0.1) is 5.92 Å². The zero-order chi connectivity index (χ0) is 14.3. The Hall–Kier alpha value is -2.10. The smallest absolute Gasteiger partial charge is 0.306 e. The van der Waals surface area contributed by atoms with Crippen LogP contribution >= 0.6 is 0 Å². The zero-order valence-corrected chi connectivity index (χ0v) is 11.4. The summed E-state index contributed by atoms with van der Waals surface area (Å²) in [7, 11) is 2.90. The highest BCUT2D eigenvalue weighted by Gasteiger charge is 2.14. The maximum absolute atomic E-state index is 11.8. The van der Waals surface area contributed by atoms with Crippen molar-refractivity contribution in [2.45, 2.75) is 13.3 Å². The minimum atomic E-state index is -0.380. The van der Waals surface area contributed by atoms with Crippen LogP contribution in [0.5, 0.6) is 5.75 Å². The summed E-state index contributed by atoms with van der Waals surface area (Å²) in [6, 6.07) is 7.38. The highest BCUT2D eigenvalue weighted by molar-refractivity contribution is 5.96. The molecule has 1 aromatic carbocycles. The van der Waals surface area contributed by atoms with Gasteiger partial charge in [-0.2, -0.15) is 0 Å². The van der Waals surface area contributed by atoms with E-state index in [1.54, 1.807) is 20.1 Å². The molecule has 0 saturated heterocycles. The Morgan fingerprint density at radius 1 is 1.32 bits per heavy atom. The molecule has 1 atom stereocenters. The number of hydrogen-bond donors (Lipinski definition) is 0. The lowest BCUT2D eigenvalue weighted by molar-refractivity contribution is -0.143. The van der Waals surface area contributed by atoms with E-state index in [-0.39, 0.29) is 24.1 Å². The third kappa shape index (κ3) is 4.95. The van der Waals surface area contributed by atoms with E-state index in [1.807, 2.05) is 24.3 Å². The van der Waals surface area contributed by atoms with Crippen molar-refractivity contribution in [2.75, 3.05) is 14.2 Å². The van der Waals surface area contributed by atoms with Crippen molar-refractivity contribution >= 4 is 17.8 Å². The van der Waals surface area contributed by atoms with E-state index < -0.39 is 0 Å². The van der Waals surface area contributed by atoms with Crippen molar-refractivity contribution in [1.82, 2.24) is 0 Å². The highest BCUT2D eigenvalue weighted by Crippen LogP contribution is 2.14. The first-order valence-corrected chi connectivity index (χ1v) is 5.99. The van der Waals surface area contributed by atoms with E-state index in [2.05, 4.69) is 4.74 Å². The minimum Gasteiger partial charge on any atom is -0.497 e. The van der Waals surface area contributed by atoms with Gasteiger partial charge in [0.15, 0.2) is 5.78 Å². The SMILES string of the molecule is COC(=O)CC(C)C(=O)/C=C/c1cccc(OC)c1. The molecule has 0 bridgehead atoms. The largest absolute Gasteiger partial charge is 0.497 e. The van der Waals surface area contributed by atoms with E-state index in [1.165, 1.54) is 13.2 Å². The lowest BCUT2D eigenvalue weighted by atomic mass is 10.0. The quantitative estimate of drug-likeness (QED) is 0.584. The minimum absolute atomic E-state index is 0.0950. The van der Waals surface area contributed by atoms with E-state index >= 15 is 0 Å². The van der Waals surface area contributed by atoms with Gasteiger partial charge in [0.1, 0.15) is 5.75 Å². The molecule has 0 aliphatic rings. The third-order valence-corrected chi connectivity index (χ3v) is 2.72. The van der Waals surface area contributed by atoms with Crippen LogP contribution in [0.25, 0.3) is 6.08 Å². The molecule has 19 heavy (non-hydrogen) atoms. The summed E-state index contributed by atoms with van der Waals surface area (Å²) in [6.45, 7) is 1.70. The Kier molecular flexibility index (Phi) is 5.79. The molecule has 0 spiro atoms. The molecule has 0 aliphatic carbocycles. The maximum Gasteiger partial charge on any atom is 0.306 e. The number of allylic oxidation sites excluding steroid dienone is 1. The van der Waals surface area contributed by atoms with Crippen LogP contribution in [0.4, 0.5) is 0 Å². The summed E-state index contributed by atoms with van der Waals surface area (Å²) < 4.78 is 9.63. The fourth-order valence-electron chi connectivity index (χ4n) is 1.52. The number of carbonyl (C=O) groups excluding carboxylic acids is 2. The van der Waals surface area contributed by atoms with E-state index in [0.717, 1.165) is 11.3 Å². The second-order valence-electron chi connectivity index (χ2n) is 4.19. The van der Waals surface area contributed by atoms with Gasteiger partial charge in [0, 0.05) is 5.92 Å². The van der Waals surface area contributed by atoms with Crippen LogP contribution in [0.3, 0.4) is 0 Å². The van der Waals surface area contributed by atoms with Crippen molar-refractivity contribution in [2.24, 2.45) is 5.92 Å².